The molecule has 0 aliphatic rings. The molecule has 0 bridgehead atoms. The third-order valence-corrected chi connectivity index (χ3v) is 6.42. The van der Waals surface area contributed by atoms with E-state index < -0.39 is 11.9 Å². The van der Waals surface area contributed by atoms with Gasteiger partial charge in [-0.05, 0) is 73.1 Å². The third kappa shape index (κ3) is 9.05. The fraction of sp³-hybridized carbons (Fsp3) is 0.257. The normalized spacial score (nSPS) is 10.8. The SMILES string of the molecule is C=C(C)C(=O)O/C=C/Oc1cc(-c2ccc(CCCCC)cc2)ccc1-c1ccc(CCO)c(OC(=O)C(=C)C)c1. The van der Waals surface area contributed by atoms with E-state index in [2.05, 4.69) is 44.3 Å². The van der Waals surface area contributed by atoms with Crippen LogP contribution < -0.4 is 9.47 Å². The summed E-state index contributed by atoms with van der Waals surface area (Å²) in [6.45, 7) is 12.5. The van der Waals surface area contributed by atoms with Crippen LogP contribution in [0.3, 0.4) is 0 Å². The van der Waals surface area contributed by atoms with E-state index in [0.717, 1.165) is 28.7 Å². The van der Waals surface area contributed by atoms with Crippen molar-refractivity contribution in [2.45, 2.75) is 52.9 Å². The van der Waals surface area contributed by atoms with Crippen molar-refractivity contribution in [3.63, 3.8) is 0 Å². The molecule has 0 aromatic heterocycles. The van der Waals surface area contributed by atoms with Gasteiger partial charge < -0.3 is 19.3 Å². The number of carbonyl (C=O) groups is 2. The summed E-state index contributed by atoms with van der Waals surface area (Å²) in [4.78, 5) is 24.1. The van der Waals surface area contributed by atoms with Crippen LogP contribution in [0.5, 0.6) is 11.5 Å². The molecule has 0 saturated heterocycles. The molecule has 0 spiro atoms. The minimum atomic E-state index is -0.554. The lowest BCUT2D eigenvalue weighted by Crippen LogP contribution is -2.10. The van der Waals surface area contributed by atoms with Crippen molar-refractivity contribution in [3.05, 3.63) is 109 Å². The van der Waals surface area contributed by atoms with Gasteiger partial charge in [-0.2, -0.15) is 0 Å². The van der Waals surface area contributed by atoms with E-state index in [1.807, 2.05) is 30.3 Å². The number of hydrogen-bond donors (Lipinski definition) is 1. The van der Waals surface area contributed by atoms with Crippen molar-refractivity contribution < 1.29 is 28.9 Å². The van der Waals surface area contributed by atoms with Crippen molar-refractivity contribution in [3.8, 4) is 33.8 Å². The number of benzene rings is 3. The second kappa shape index (κ2) is 15.4. The van der Waals surface area contributed by atoms with Crippen molar-refractivity contribution in [2.75, 3.05) is 6.61 Å². The van der Waals surface area contributed by atoms with Gasteiger partial charge in [0.2, 0.25) is 0 Å². The maximum absolute atomic E-state index is 12.3. The Hall–Kier alpha value is -4.42. The molecule has 214 valence electrons. The number of ether oxygens (including phenoxy) is 3. The summed E-state index contributed by atoms with van der Waals surface area (Å²) < 4.78 is 16.6. The molecule has 3 rings (SSSR count). The highest BCUT2D eigenvalue weighted by molar-refractivity contribution is 5.89. The van der Waals surface area contributed by atoms with Gasteiger partial charge in [-0.1, -0.05) is 81.5 Å². The van der Waals surface area contributed by atoms with Gasteiger partial charge in [-0.25, -0.2) is 9.59 Å². The Morgan fingerprint density at radius 3 is 2.10 bits per heavy atom. The van der Waals surface area contributed by atoms with Crippen molar-refractivity contribution >= 4 is 11.9 Å². The second-order valence-electron chi connectivity index (χ2n) is 9.91. The number of rotatable bonds is 14. The van der Waals surface area contributed by atoms with Crippen LogP contribution in [-0.2, 0) is 27.2 Å². The maximum atomic E-state index is 12.3. The summed E-state index contributed by atoms with van der Waals surface area (Å²) >= 11 is 0. The van der Waals surface area contributed by atoms with Crippen molar-refractivity contribution in [1.29, 1.82) is 0 Å². The quantitative estimate of drug-likeness (QED) is 0.0722. The molecule has 3 aromatic rings. The first-order valence-corrected chi connectivity index (χ1v) is 13.8. The Labute approximate surface area is 242 Å². The molecule has 0 aliphatic carbocycles. The zero-order valence-electron chi connectivity index (χ0n) is 24.1. The second-order valence-corrected chi connectivity index (χ2v) is 9.91. The molecule has 1 N–H and O–H groups in total. The van der Waals surface area contributed by atoms with Crippen LogP contribution in [0.25, 0.3) is 22.3 Å². The molecule has 0 aliphatic heterocycles. The average Bonchev–Trinajstić information content (AvgIpc) is 2.96. The van der Waals surface area contributed by atoms with Crippen LogP contribution in [0.4, 0.5) is 0 Å². The molecule has 0 atom stereocenters. The molecule has 0 saturated carbocycles. The minimum absolute atomic E-state index is 0.0921. The lowest BCUT2D eigenvalue weighted by molar-refractivity contribution is -0.133. The fourth-order valence-corrected chi connectivity index (χ4v) is 4.10. The molecule has 0 heterocycles. The Balaban J connectivity index is 1.99. The van der Waals surface area contributed by atoms with E-state index >= 15 is 0 Å². The molecule has 41 heavy (non-hydrogen) atoms. The van der Waals surface area contributed by atoms with E-state index in [1.165, 1.54) is 37.4 Å². The summed E-state index contributed by atoms with van der Waals surface area (Å²) in [5, 5.41) is 9.49. The predicted molar refractivity (Wildman–Crippen MR) is 162 cm³/mol. The van der Waals surface area contributed by atoms with Gasteiger partial charge >= 0.3 is 11.9 Å². The summed E-state index contributed by atoms with van der Waals surface area (Å²) in [6, 6.07) is 19.8. The third-order valence-electron chi connectivity index (χ3n) is 6.42. The van der Waals surface area contributed by atoms with Crippen LogP contribution in [0.15, 0.2) is 97.5 Å². The monoisotopic (exact) mass is 554 g/mol. The van der Waals surface area contributed by atoms with Gasteiger partial charge in [0.05, 0.1) is 0 Å². The number of aliphatic hydroxyl groups is 1. The molecule has 6 heteroatoms. The Kier molecular flexibility index (Phi) is 11.7. The van der Waals surface area contributed by atoms with Gasteiger partial charge in [0, 0.05) is 23.3 Å². The van der Waals surface area contributed by atoms with Gasteiger partial charge in [-0.15, -0.1) is 0 Å². The van der Waals surface area contributed by atoms with Gasteiger partial charge in [0.1, 0.15) is 24.0 Å². The van der Waals surface area contributed by atoms with E-state index in [9.17, 15) is 14.7 Å². The summed E-state index contributed by atoms with van der Waals surface area (Å²) in [7, 11) is 0. The molecule has 0 fully saturated rings. The van der Waals surface area contributed by atoms with Crippen molar-refractivity contribution in [2.24, 2.45) is 0 Å². The Morgan fingerprint density at radius 1 is 0.780 bits per heavy atom. The molecule has 3 aromatic carbocycles. The largest absolute Gasteiger partial charge is 0.461 e. The van der Waals surface area contributed by atoms with E-state index in [0.29, 0.717) is 23.5 Å². The topological polar surface area (TPSA) is 82.1 Å². The lowest BCUT2D eigenvalue weighted by Gasteiger charge is -2.15. The van der Waals surface area contributed by atoms with Gasteiger partial charge in [0.25, 0.3) is 0 Å². The standard InChI is InChI=1S/C35H38O6/c1-6-7-8-9-26-10-12-27(13-11-26)29-16-17-31(33(22-29)39-20-21-40-34(37)24(2)3)30-15-14-28(18-19-36)32(23-30)41-35(38)25(4)5/h10-17,20-23,36H,2,4,6-9,18-19H2,1,3,5H3/b21-20+. The maximum Gasteiger partial charge on any atom is 0.338 e. The highest BCUT2D eigenvalue weighted by Gasteiger charge is 2.15. The Bertz CT molecular complexity index is 1420. The summed E-state index contributed by atoms with van der Waals surface area (Å²) in [5.74, 6) is -0.261. The number of esters is 2. The Morgan fingerprint density at radius 2 is 1.44 bits per heavy atom. The van der Waals surface area contributed by atoms with Crippen LogP contribution in [0.1, 0.15) is 51.2 Å². The number of aryl methyl sites for hydroxylation is 1. The highest BCUT2D eigenvalue weighted by atomic mass is 16.5. The van der Waals surface area contributed by atoms with Gasteiger partial charge in [-0.3, -0.25) is 0 Å². The fourth-order valence-electron chi connectivity index (χ4n) is 4.10. The number of unbranched alkanes of at least 4 members (excludes halogenated alkanes) is 2. The van der Waals surface area contributed by atoms with E-state index in [4.69, 9.17) is 14.2 Å². The zero-order chi connectivity index (χ0) is 29.8. The van der Waals surface area contributed by atoms with E-state index in [1.54, 1.807) is 19.9 Å². The van der Waals surface area contributed by atoms with Gasteiger partial charge in [0.15, 0.2) is 0 Å². The summed E-state index contributed by atoms with van der Waals surface area (Å²) in [5.41, 5.74) is 5.97. The zero-order valence-corrected chi connectivity index (χ0v) is 24.1. The first-order valence-electron chi connectivity index (χ1n) is 13.8. The van der Waals surface area contributed by atoms with Crippen molar-refractivity contribution in [1.82, 2.24) is 0 Å². The molecule has 0 unspecified atom stereocenters. The molecular formula is C35H38O6. The van der Waals surface area contributed by atoms with E-state index in [-0.39, 0.29) is 17.8 Å². The average molecular weight is 555 g/mol. The predicted octanol–water partition coefficient (Wildman–Crippen LogP) is 7.74. The molecule has 0 amide bonds. The van der Waals surface area contributed by atoms with Crippen LogP contribution in [0, 0.1) is 0 Å². The van der Waals surface area contributed by atoms with Crippen LogP contribution in [0.2, 0.25) is 0 Å². The lowest BCUT2D eigenvalue weighted by atomic mass is 9.96. The smallest absolute Gasteiger partial charge is 0.338 e. The number of hydrogen-bond acceptors (Lipinski definition) is 6. The molecule has 0 radical (unpaired) electrons. The number of aliphatic hydroxyl groups excluding tert-OH is 1. The first-order chi connectivity index (χ1) is 19.7. The number of carbonyl (C=O) groups excluding carboxylic acids is 2. The van der Waals surface area contributed by atoms with Crippen LogP contribution >= 0.6 is 0 Å². The molecular weight excluding hydrogens is 516 g/mol. The molecule has 6 nitrogen and oxygen atoms in total. The van der Waals surface area contributed by atoms with Crippen LogP contribution in [-0.4, -0.2) is 23.7 Å². The minimum Gasteiger partial charge on any atom is -0.461 e. The highest BCUT2D eigenvalue weighted by Crippen LogP contribution is 2.37. The first kappa shape index (κ1) is 31.1. The summed E-state index contributed by atoms with van der Waals surface area (Å²) in [6.07, 6.45) is 7.42.